The molecule has 16 heteroatoms. The second kappa shape index (κ2) is 17.1. The zero-order valence-corrected chi connectivity index (χ0v) is 30.2. The van der Waals surface area contributed by atoms with Crippen LogP contribution in [0.2, 0.25) is 0 Å². The summed E-state index contributed by atoms with van der Waals surface area (Å²) < 4.78 is 0. The van der Waals surface area contributed by atoms with Gasteiger partial charge in [0.25, 0.3) is 0 Å². The summed E-state index contributed by atoms with van der Waals surface area (Å²) in [4.78, 5) is 60.0. The molecule has 55 heavy (non-hydrogen) atoms. The maximum Gasteiger partial charge on any atom is 0.335 e. The minimum absolute atomic E-state index is 0.0513. The van der Waals surface area contributed by atoms with Gasteiger partial charge < -0.3 is 25.7 Å². The Morgan fingerprint density at radius 2 is 1.09 bits per heavy atom. The first-order valence-electron chi connectivity index (χ1n) is 16.8. The Bertz CT molecular complexity index is 2330. The molecule has 0 amide bonds. The Balaban J connectivity index is 1.46. The minimum atomic E-state index is -1.50. The average Bonchev–Trinajstić information content (AvgIpc) is 3.13. The van der Waals surface area contributed by atoms with Crippen molar-refractivity contribution in [3.63, 3.8) is 0 Å². The van der Waals surface area contributed by atoms with Crippen molar-refractivity contribution in [3.05, 3.63) is 129 Å². The van der Waals surface area contributed by atoms with Crippen LogP contribution in [0.3, 0.4) is 0 Å². The normalized spacial score (nSPS) is 11.9. The number of nitrogens with one attached hydrogen (secondary N) is 1. The van der Waals surface area contributed by atoms with E-state index in [1.54, 1.807) is 13.0 Å². The van der Waals surface area contributed by atoms with Gasteiger partial charge in [-0.25, -0.2) is 19.4 Å². The van der Waals surface area contributed by atoms with Crippen molar-refractivity contribution in [2.75, 3.05) is 5.32 Å². The average molecular weight is 745 g/mol. The number of anilines is 1. The summed E-state index contributed by atoms with van der Waals surface area (Å²) in [5.74, 6) is -4.80. The van der Waals surface area contributed by atoms with Crippen molar-refractivity contribution in [2.45, 2.75) is 53.0 Å². The Morgan fingerprint density at radius 1 is 0.600 bits per heavy atom. The number of rotatable bonds is 15. The lowest BCUT2D eigenvalue weighted by atomic mass is 10.0. The van der Waals surface area contributed by atoms with Gasteiger partial charge in [0.05, 0.1) is 40.3 Å². The molecule has 0 bridgehead atoms. The fourth-order valence-corrected chi connectivity index (χ4v) is 5.51. The van der Waals surface area contributed by atoms with Crippen molar-refractivity contribution in [1.82, 2.24) is 15.0 Å². The number of aliphatic carboxylic acids is 2. The Labute approximate surface area is 314 Å². The highest BCUT2D eigenvalue weighted by Crippen LogP contribution is 2.29. The van der Waals surface area contributed by atoms with E-state index in [9.17, 15) is 39.6 Å². The molecule has 0 radical (unpaired) electrons. The van der Waals surface area contributed by atoms with Crippen LogP contribution in [-0.2, 0) is 22.4 Å². The molecular formula is C39H36N8O8. The highest BCUT2D eigenvalue weighted by molar-refractivity contribution is 5.95. The summed E-state index contributed by atoms with van der Waals surface area (Å²) >= 11 is 0. The molecular weight excluding hydrogens is 708 g/mol. The number of carbonyl (C=O) groups is 4. The first kappa shape index (κ1) is 39.0. The van der Waals surface area contributed by atoms with E-state index >= 15 is 0 Å². The number of azo groups is 2. The molecule has 0 aliphatic rings. The summed E-state index contributed by atoms with van der Waals surface area (Å²) in [5, 5.41) is 57.5. The molecule has 5 aromatic rings. The maximum absolute atomic E-state index is 11.9. The van der Waals surface area contributed by atoms with Crippen molar-refractivity contribution >= 4 is 52.6 Å². The van der Waals surface area contributed by atoms with Crippen LogP contribution in [0, 0.1) is 27.7 Å². The Kier molecular flexibility index (Phi) is 12.1. The summed E-state index contributed by atoms with van der Waals surface area (Å²) in [6, 6.07) is 18.8. The fourth-order valence-electron chi connectivity index (χ4n) is 5.51. The van der Waals surface area contributed by atoms with E-state index in [1.165, 1.54) is 12.1 Å². The van der Waals surface area contributed by atoms with Gasteiger partial charge in [0.2, 0.25) is 5.95 Å². The third-order valence-corrected chi connectivity index (χ3v) is 8.43. The predicted molar refractivity (Wildman–Crippen MR) is 200 cm³/mol. The Morgan fingerprint density at radius 3 is 1.55 bits per heavy atom. The summed E-state index contributed by atoms with van der Waals surface area (Å²) in [5.41, 5.74) is 6.30. The molecule has 1 atom stereocenters. The van der Waals surface area contributed by atoms with E-state index in [4.69, 9.17) is 4.98 Å². The fraction of sp³-hybridized carbons (Fsp3) is 0.205. The number of hydrogen-bond acceptors (Lipinski definition) is 12. The van der Waals surface area contributed by atoms with Crippen LogP contribution in [0.25, 0.3) is 0 Å². The van der Waals surface area contributed by atoms with Gasteiger partial charge in [0.15, 0.2) is 0 Å². The molecule has 1 unspecified atom stereocenters. The Hall–Kier alpha value is -7.23. The lowest BCUT2D eigenvalue weighted by Crippen LogP contribution is -2.33. The van der Waals surface area contributed by atoms with Crippen LogP contribution >= 0.6 is 0 Å². The third kappa shape index (κ3) is 10.4. The summed E-state index contributed by atoms with van der Waals surface area (Å²) in [6.45, 7) is 7.45. The molecule has 5 N–H and O–H groups in total. The molecule has 16 nitrogen and oxygen atoms in total. The number of aromatic carboxylic acids is 2. The largest absolute Gasteiger partial charge is 0.481 e. The number of hydrogen-bond donors (Lipinski definition) is 5. The van der Waals surface area contributed by atoms with Crippen molar-refractivity contribution in [3.8, 4) is 0 Å². The van der Waals surface area contributed by atoms with E-state index in [0.717, 1.165) is 33.9 Å². The standard InChI is InChI=1S/C39H36N8O8/c1-20-12-30(46-44-28-8-6-5-7-9-28)22(3)10-24(20)17-33-41-34(43-39(42-33)40-32(38(54)55)19-35(48)49)18-25-11-23(4)31(13-21(25)2)47-45-29-15-26(36(50)51)14-27(16-29)37(52)53/h5-16,32H,17-19H2,1-4H3,(H,48,49)(H,50,51)(H,52,53)(H,54,55)(H,40,41,42,43). The monoisotopic (exact) mass is 744 g/mol. The van der Waals surface area contributed by atoms with Gasteiger partial charge in [-0.15, -0.1) is 0 Å². The van der Waals surface area contributed by atoms with Gasteiger partial charge in [-0.3, -0.25) is 4.79 Å². The maximum atomic E-state index is 11.9. The van der Waals surface area contributed by atoms with Crippen molar-refractivity contribution in [1.29, 1.82) is 0 Å². The van der Waals surface area contributed by atoms with Crippen LogP contribution in [0.4, 0.5) is 28.7 Å². The van der Waals surface area contributed by atoms with Crippen LogP contribution in [0.1, 0.15) is 72.2 Å². The topological polar surface area (TPSA) is 249 Å². The molecule has 5 rings (SSSR count). The van der Waals surface area contributed by atoms with Gasteiger partial charge >= 0.3 is 23.9 Å². The molecule has 0 aliphatic heterocycles. The number of nitrogens with zero attached hydrogens (tertiary/aromatic N) is 7. The molecule has 0 fully saturated rings. The second-order valence-electron chi connectivity index (χ2n) is 12.7. The number of aryl methyl sites for hydroxylation is 4. The molecule has 4 aromatic carbocycles. The molecule has 1 heterocycles. The minimum Gasteiger partial charge on any atom is -0.481 e. The highest BCUT2D eigenvalue weighted by atomic mass is 16.4. The first-order valence-corrected chi connectivity index (χ1v) is 16.8. The quantitative estimate of drug-likeness (QED) is 0.0643. The van der Waals surface area contributed by atoms with E-state index in [2.05, 4.69) is 35.7 Å². The van der Waals surface area contributed by atoms with Crippen LogP contribution in [-0.4, -0.2) is 65.3 Å². The van der Waals surface area contributed by atoms with Gasteiger partial charge in [-0.1, -0.05) is 30.3 Å². The van der Waals surface area contributed by atoms with Crippen molar-refractivity contribution < 1.29 is 39.6 Å². The predicted octanol–water partition coefficient (Wildman–Crippen LogP) is 7.85. The molecule has 0 aliphatic carbocycles. The van der Waals surface area contributed by atoms with Gasteiger partial charge in [-0.05, 0) is 104 Å². The van der Waals surface area contributed by atoms with E-state index in [-0.39, 0.29) is 41.4 Å². The molecule has 0 saturated carbocycles. The van der Waals surface area contributed by atoms with Gasteiger partial charge in [-0.2, -0.15) is 30.4 Å². The van der Waals surface area contributed by atoms with Gasteiger partial charge in [0.1, 0.15) is 17.7 Å². The zero-order chi connectivity index (χ0) is 39.8. The number of carboxylic acid groups (broad SMARTS) is 4. The van der Waals surface area contributed by atoms with E-state index in [0.29, 0.717) is 28.5 Å². The van der Waals surface area contributed by atoms with Crippen LogP contribution in [0.5, 0.6) is 0 Å². The lowest BCUT2D eigenvalue weighted by molar-refractivity contribution is -0.144. The number of aromatic nitrogens is 3. The molecule has 0 saturated heterocycles. The van der Waals surface area contributed by atoms with E-state index in [1.807, 2.05) is 69.3 Å². The lowest BCUT2D eigenvalue weighted by Gasteiger charge is -2.15. The first-order chi connectivity index (χ1) is 26.1. The summed E-state index contributed by atoms with van der Waals surface area (Å²) in [6.07, 6.45) is -0.284. The highest BCUT2D eigenvalue weighted by Gasteiger charge is 2.23. The third-order valence-electron chi connectivity index (χ3n) is 8.43. The molecule has 280 valence electrons. The zero-order valence-electron chi connectivity index (χ0n) is 30.2. The van der Waals surface area contributed by atoms with Gasteiger partial charge in [0, 0.05) is 12.8 Å². The van der Waals surface area contributed by atoms with E-state index < -0.39 is 36.3 Å². The van der Waals surface area contributed by atoms with Crippen LogP contribution < -0.4 is 5.32 Å². The second-order valence-corrected chi connectivity index (χ2v) is 12.7. The number of carboxylic acids is 4. The van der Waals surface area contributed by atoms with Crippen molar-refractivity contribution in [2.24, 2.45) is 20.5 Å². The number of benzene rings is 4. The SMILES string of the molecule is Cc1cc(N=Nc2ccccc2)c(C)cc1Cc1nc(Cc2cc(C)c(N=Nc3cc(C(=O)O)cc(C(=O)O)c3)cc2C)nc(NC(CC(=O)O)C(=O)O)n1. The summed E-state index contributed by atoms with van der Waals surface area (Å²) in [7, 11) is 0. The van der Waals surface area contributed by atoms with Crippen LogP contribution in [0.15, 0.2) is 93.3 Å². The smallest absolute Gasteiger partial charge is 0.335 e. The molecule has 0 spiro atoms. The molecule has 1 aromatic heterocycles.